The Bertz CT molecular complexity index is 468. The Balaban J connectivity index is 1.65. The molecule has 3 rings (SSSR count). The van der Waals surface area contributed by atoms with E-state index >= 15 is 0 Å². The fourth-order valence-electron chi connectivity index (χ4n) is 3.09. The van der Waals surface area contributed by atoms with Gasteiger partial charge in [-0.15, -0.1) is 0 Å². The van der Waals surface area contributed by atoms with Crippen LogP contribution in [-0.2, 0) is 4.79 Å². The second kappa shape index (κ2) is 6.56. The van der Waals surface area contributed by atoms with Crippen LogP contribution < -0.4 is 5.48 Å². The summed E-state index contributed by atoms with van der Waals surface area (Å²) in [4.78, 5) is 16.7. The van der Waals surface area contributed by atoms with Crippen LogP contribution in [0.4, 0.5) is 0 Å². The lowest BCUT2D eigenvalue weighted by molar-refractivity contribution is -0.136. The molecular weight excluding hydrogens is 266 g/mol. The van der Waals surface area contributed by atoms with E-state index in [1.807, 2.05) is 35.8 Å². The Morgan fingerprint density at radius 2 is 1.86 bits per heavy atom. The van der Waals surface area contributed by atoms with Gasteiger partial charge < -0.3 is 4.90 Å². The first-order chi connectivity index (χ1) is 10.3. The van der Waals surface area contributed by atoms with Gasteiger partial charge in [-0.05, 0) is 24.3 Å². The topological polar surface area (TPSA) is 55.8 Å². The molecule has 0 aromatic heterocycles. The van der Waals surface area contributed by atoms with E-state index in [9.17, 15) is 4.79 Å². The average molecular weight is 289 g/mol. The van der Waals surface area contributed by atoms with E-state index < -0.39 is 6.04 Å². The van der Waals surface area contributed by atoms with Crippen LogP contribution in [0.15, 0.2) is 30.3 Å². The van der Waals surface area contributed by atoms with Gasteiger partial charge in [0, 0.05) is 32.7 Å². The lowest BCUT2D eigenvalue weighted by atomic mass is 10.0. The smallest absolute Gasteiger partial charge is 0.265 e. The normalized spacial score (nSPS) is 22.0. The van der Waals surface area contributed by atoms with Crippen molar-refractivity contribution in [3.05, 3.63) is 35.9 Å². The van der Waals surface area contributed by atoms with Crippen molar-refractivity contribution in [2.24, 2.45) is 5.92 Å². The Morgan fingerprint density at radius 1 is 1.19 bits per heavy atom. The monoisotopic (exact) mass is 289 g/mol. The van der Waals surface area contributed by atoms with Gasteiger partial charge in [0.15, 0.2) is 0 Å². The van der Waals surface area contributed by atoms with Gasteiger partial charge in [-0.25, -0.2) is 5.48 Å². The fourth-order valence-corrected chi connectivity index (χ4v) is 3.09. The largest absolute Gasteiger partial charge is 0.301 e. The van der Waals surface area contributed by atoms with E-state index in [0.717, 1.165) is 37.7 Å². The number of hydrogen-bond donors (Lipinski definition) is 2. The molecule has 1 aromatic carbocycles. The van der Waals surface area contributed by atoms with Crippen molar-refractivity contribution >= 4 is 5.91 Å². The highest BCUT2D eigenvalue weighted by atomic mass is 16.5. The molecule has 0 spiro atoms. The van der Waals surface area contributed by atoms with Crippen LogP contribution in [0.3, 0.4) is 0 Å². The predicted molar refractivity (Wildman–Crippen MR) is 79.8 cm³/mol. The minimum absolute atomic E-state index is 0.350. The first-order valence-electron chi connectivity index (χ1n) is 7.73. The molecule has 1 aromatic rings. The van der Waals surface area contributed by atoms with Gasteiger partial charge in [0.2, 0.25) is 0 Å². The van der Waals surface area contributed by atoms with Crippen molar-refractivity contribution in [3.63, 3.8) is 0 Å². The lowest BCUT2D eigenvalue weighted by Crippen LogP contribution is -2.51. The number of nitrogens with zero attached hydrogens (tertiary/aromatic N) is 2. The molecule has 0 bridgehead atoms. The number of hydrogen-bond acceptors (Lipinski definition) is 4. The zero-order valence-electron chi connectivity index (χ0n) is 12.2. The molecule has 114 valence electrons. The number of piperazine rings is 1. The van der Waals surface area contributed by atoms with Crippen molar-refractivity contribution in [3.8, 4) is 0 Å². The number of rotatable bonds is 5. The molecule has 1 aliphatic carbocycles. The van der Waals surface area contributed by atoms with Gasteiger partial charge in [-0.1, -0.05) is 30.3 Å². The Hall–Kier alpha value is -1.43. The first-order valence-corrected chi connectivity index (χ1v) is 7.73. The minimum Gasteiger partial charge on any atom is -0.301 e. The molecule has 2 fully saturated rings. The molecule has 2 N–H and O–H groups in total. The highest BCUT2D eigenvalue weighted by Crippen LogP contribution is 2.30. The van der Waals surface area contributed by atoms with Crippen LogP contribution in [0.2, 0.25) is 0 Å². The summed E-state index contributed by atoms with van der Waals surface area (Å²) in [5, 5.41) is 9.04. The van der Waals surface area contributed by atoms with Gasteiger partial charge in [0.25, 0.3) is 5.91 Å². The number of amides is 1. The molecule has 5 heteroatoms. The minimum atomic E-state index is -0.403. The molecule has 1 saturated heterocycles. The van der Waals surface area contributed by atoms with E-state index in [1.165, 1.54) is 19.4 Å². The summed E-state index contributed by atoms with van der Waals surface area (Å²) in [7, 11) is 0. The standard InChI is InChI=1S/C16H23N3O2/c20-16(17-21)15(14-4-2-1-3-5-14)19-10-8-18(9-11-19)12-13-6-7-13/h1-5,13,15,21H,6-12H2,(H,17,20). The van der Waals surface area contributed by atoms with Crippen LogP contribution >= 0.6 is 0 Å². The van der Waals surface area contributed by atoms with E-state index in [0.29, 0.717) is 0 Å². The van der Waals surface area contributed by atoms with Gasteiger partial charge in [0.05, 0.1) is 0 Å². The van der Waals surface area contributed by atoms with Crippen LogP contribution in [0.5, 0.6) is 0 Å². The maximum absolute atomic E-state index is 12.1. The molecule has 2 aliphatic rings. The van der Waals surface area contributed by atoms with E-state index in [-0.39, 0.29) is 5.91 Å². The number of carbonyl (C=O) groups excluding carboxylic acids is 1. The highest BCUT2D eigenvalue weighted by Gasteiger charge is 2.32. The number of benzene rings is 1. The molecule has 1 amide bonds. The van der Waals surface area contributed by atoms with Crippen molar-refractivity contribution < 1.29 is 10.0 Å². The predicted octanol–water partition coefficient (Wildman–Crippen LogP) is 1.26. The second-order valence-corrected chi connectivity index (χ2v) is 6.07. The van der Waals surface area contributed by atoms with E-state index in [4.69, 9.17) is 5.21 Å². The Morgan fingerprint density at radius 3 is 2.43 bits per heavy atom. The summed E-state index contributed by atoms with van der Waals surface area (Å²) in [5.41, 5.74) is 2.75. The summed E-state index contributed by atoms with van der Waals surface area (Å²) in [6, 6.07) is 9.27. The molecule has 5 nitrogen and oxygen atoms in total. The van der Waals surface area contributed by atoms with Gasteiger partial charge in [-0.2, -0.15) is 0 Å². The average Bonchev–Trinajstić information content (AvgIpc) is 3.34. The lowest BCUT2D eigenvalue weighted by Gasteiger charge is -2.38. The van der Waals surface area contributed by atoms with Crippen molar-refractivity contribution in [1.82, 2.24) is 15.3 Å². The first kappa shape index (κ1) is 14.5. The van der Waals surface area contributed by atoms with E-state index in [1.54, 1.807) is 0 Å². The molecular formula is C16H23N3O2. The summed E-state index contributed by atoms with van der Waals surface area (Å²) >= 11 is 0. The Kier molecular flexibility index (Phi) is 4.53. The van der Waals surface area contributed by atoms with Gasteiger partial charge >= 0.3 is 0 Å². The molecule has 21 heavy (non-hydrogen) atoms. The van der Waals surface area contributed by atoms with Crippen molar-refractivity contribution in [2.75, 3.05) is 32.7 Å². The van der Waals surface area contributed by atoms with Crippen LogP contribution in [0.25, 0.3) is 0 Å². The Labute approximate surface area is 125 Å². The zero-order chi connectivity index (χ0) is 14.7. The zero-order valence-corrected chi connectivity index (χ0v) is 12.2. The second-order valence-electron chi connectivity index (χ2n) is 6.07. The van der Waals surface area contributed by atoms with Crippen LogP contribution in [0.1, 0.15) is 24.4 Å². The van der Waals surface area contributed by atoms with Gasteiger partial charge in [0.1, 0.15) is 6.04 Å². The molecule has 1 saturated carbocycles. The third-order valence-electron chi connectivity index (χ3n) is 4.46. The number of nitrogens with one attached hydrogen (secondary N) is 1. The molecule has 1 heterocycles. The molecule has 1 unspecified atom stereocenters. The maximum Gasteiger partial charge on any atom is 0.265 e. The fraction of sp³-hybridized carbons (Fsp3) is 0.562. The SMILES string of the molecule is O=C(NO)C(c1ccccc1)N1CCN(CC2CC2)CC1. The van der Waals surface area contributed by atoms with Gasteiger partial charge in [-0.3, -0.25) is 14.9 Å². The summed E-state index contributed by atoms with van der Waals surface area (Å²) in [5.74, 6) is 0.555. The molecule has 0 radical (unpaired) electrons. The number of carbonyl (C=O) groups is 1. The molecule has 1 aliphatic heterocycles. The number of hydroxylamine groups is 1. The van der Waals surface area contributed by atoms with Crippen molar-refractivity contribution in [2.45, 2.75) is 18.9 Å². The summed E-state index contributed by atoms with van der Waals surface area (Å²) < 4.78 is 0. The third kappa shape index (κ3) is 3.61. The van der Waals surface area contributed by atoms with Crippen LogP contribution in [0, 0.1) is 5.92 Å². The third-order valence-corrected chi connectivity index (χ3v) is 4.46. The summed E-state index contributed by atoms with van der Waals surface area (Å²) in [6.45, 7) is 4.92. The maximum atomic E-state index is 12.1. The summed E-state index contributed by atoms with van der Waals surface area (Å²) in [6.07, 6.45) is 2.75. The molecule has 1 atom stereocenters. The quantitative estimate of drug-likeness (QED) is 0.633. The van der Waals surface area contributed by atoms with Crippen molar-refractivity contribution in [1.29, 1.82) is 0 Å². The van der Waals surface area contributed by atoms with E-state index in [2.05, 4.69) is 9.80 Å². The highest BCUT2D eigenvalue weighted by molar-refractivity contribution is 5.82. The van der Waals surface area contributed by atoms with Crippen LogP contribution in [-0.4, -0.2) is 53.6 Å².